The van der Waals surface area contributed by atoms with Gasteiger partial charge in [0.15, 0.2) is 0 Å². The Kier molecular flexibility index (Phi) is 4.93. The third-order valence-corrected chi connectivity index (χ3v) is 5.68. The summed E-state index contributed by atoms with van der Waals surface area (Å²) in [4.78, 5) is 32.6. The number of para-hydroxylation sites is 2. The minimum atomic E-state index is -0.0142. The molecule has 0 saturated carbocycles. The molecule has 0 amide bonds. The highest BCUT2D eigenvalue weighted by molar-refractivity contribution is 5.75. The van der Waals surface area contributed by atoms with Crippen LogP contribution in [0.3, 0.4) is 0 Å². The maximum Gasteiger partial charge on any atom is 0.253 e. The highest BCUT2D eigenvalue weighted by atomic mass is 16.1. The second kappa shape index (κ2) is 8.02. The van der Waals surface area contributed by atoms with Crippen molar-refractivity contribution in [1.82, 2.24) is 24.5 Å². The lowest BCUT2D eigenvalue weighted by Gasteiger charge is -2.32. The van der Waals surface area contributed by atoms with Crippen LogP contribution in [-0.2, 0) is 6.54 Å². The van der Waals surface area contributed by atoms with E-state index in [0.717, 1.165) is 48.3 Å². The van der Waals surface area contributed by atoms with Crippen molar-refractivity contribution in [3.05, 3.63) is 77.7 Å². The van der Waals surface area contributed by atoms with Crippen molar-refractivity contribution in [3.8, 4) is 11.3 Å². The number of nitrogens with zero attached hydrogens (tertiary/aromatic N) is 6. The van der Waals surface area contributed by atoms with E-state index >= 15 is 0 Å². The van der Waals surface area contributed by atoms with Crippen molar-refractivity contribution in [2.75, 3.05) is 18.0 Å². The van der Waals surface area contributed by atoms with Gasteiger partial charge in [-0.3, -0.25) is 19.3 Å². The molecule has 1 saturated heterocycles. The van der Waals surface area contributed by atoms with E-state index in [0.29, 0.717) is 18.2 Å². The number of piperidine rings is 1. The number of hydrogen-bond donors (Lipinski definition) is 0. The van der Waals surface area contributed by atoms with Gasteiger partial charge in [-0.25, -0.2) is 9.97 Å². The summed E-state index contributed by atoms with van der Waals surface area (Å²) in [7, 11) is 0. The number of hydrogen-bond acceptors (Lipinski definition) is 6. The van der Waals surface area contributed by atoms with E-state index in [-0.39, 0.29) is 5.56 Å². The third-order valence-electron chi connectivity index (χ3n) is 5.68. The molecule has 4 aromatic rings. The van der Waals surface area contributed by atoms with Crippen LogP contribution in [0.15, 0.2) is 72.2 Å². The molecule has 5 rings (SSSR count). The lowest BCUT2D eigenvalue weighted by Crippen LogP contribution is -2.36. The Morgan fingerprint density at radius 3 is 2.50 bits per heavy atom. The molecule has 1 aromatic carbocycles. The van der Waals surface area contributed by atoms with E-state index in [4.69, 9.17) is 4.98 Å². The molecule has 7 heteroatoms. The average molecular weight is 398 g/mol. The Morgan fingerprint density at radius 1 is 0.967 bits per heavy atom. The maximum atomic E-state index is 12.6. The first kappa shape index (κ1) is 18.4. The number of benzene rings is 1. The van der Waals surface area contributed by atoms with Crippen LogP contribution in [0.5, 0.6) is 0 Å². The van der Waals surface area contributed by atoms with E-state index in [2.05, 4.69) is 19.9 Å². The van der Waals surface area contributed by atoms with E-state index in [9.17, 15) is 4.79 Å². The van der Waals surface area contributed by atoms with Gasteiger partial charge in [0.2, 0.25) is 0 Å². The van der Waals surface area contributed by atoms with E-state index < -0.39 is 0 Å². The molecule has 0 atom stereocenters. The summed E-state index contributed by atoms with van der Waals surface area (Å²) in [5.41, 5.74) is 3.41. The fourth-order valence-corrected chi connectivity index (χ4v) is 3.97. The molecule has 0 N–H and O–H groups in total. The first-order chi connectivity index (χ1) is 14.8. The lowest BCUT2D eigenvalue weighted by atomic mass is 9.96. The first-order valence-electron chi connectivity index (χ1n) is 10.2. The summed E-state index contributed by atoms with van der Waals surface area (Å²) in [5, 5.41) is 0. The molecule has 0 aliphatic carbocycles. The van der Waals surface area contributed by atoms with E-state index in [1.807, 2.05) is 42.6 Å². The Balaban J connectivity index is 1.24. The molecular weight excluding hydrogens is 376 g/mol. The van der Waals surface area contributed by atoms with Crippen LogP contribution in [0.1, 0.15) is 12.8 Å². The smallest absolute Gasteiger partial charge is 0.253 e. The number of aromatic nitrogens is 5. The van der Waals surface area contributed by atoms with Crippen molar-refractivity contribution in [2.24, 2.45) is 5.92 Å². The fourth-order valence-electron chi connectivity index (χ4n) is 3.97. The summed E-state index contributed by atoms with van der Waals surface area (Å²) in [6.07, 6.45) is 8.95. The molecule has 0 spiro atoms. The van der Waals surface area contributed by atoms with E-state index in [1.54, 1.807) is 29.4 Å². The molecule has 1 fully saturated rings. The molecule has 1 aliphatic heterocycles. The molecule has 0 radical (unpaired) electrons. The van der Waals surface area contributed by atoms with Crippen LogP contribution in [0.4, 0.5) is 5.82 Å². The van der Waals surface area contributed by atoms with Crippen molar-refractivity contribution in [2.45, 2.75) is 19.4 Å². The molecule has 3 aromatic heterocycles. The number of rotatable bonds is 4. The third kappa shape index (κ3) is 3.78. The minimum absolute atomic E-state index is 0.0142. The zero-order valence-electron chi connectivity index (χ0n) is 16.6. The summed E-state index contributed by atoms with van der Waals surface area (Å²) < 4.78 is 1.72. The monoisotopic (exact) mass is 398 g/mol. The van der Waals surface area contributed by atoms with Crippen molar-refractivity contribution in [3.63, 3.8) is 0 Å². The van der Waals surface area contributed by atoms with Crippen molar-refractivity contribution < 1.29 is 0 Å². The normalized spacial score (nSPS) is 14.9. The Hall–Kier alpha value is -3.61. The van der Waals surface area contributed by atoms with Gasteiger partial charge in [-0.05, 0) is 43.0 Å². The summed E-state index contributed by atoms with van der Waals surface area (Å²) in [6.45, 7) is 2.52. The largest absolute Gasteiger partial charge is 0.355 e. The predicted molar refractivity (Wildman–Crippen MR) is 116 cm³/mol. The lowest BCUT2D eigenvalue weighted by molar-refractivity contribution is 0.350. The molecular formula is C23H22N6O. The van der Waals surface area contributed by atoms with Crippen molar-refractivity contribution >= 4 is 16.9 Å². The van der Waals surface area contributed by atoms with E-state index in [1.165, 1.54) is 0 Å². The van der Waals surface area contributed by atoms with Crippen molar-refractivity contribution in [1.29, 1.82) is 0 Å². The van der Waals surface area contributed by atoms with Crippen LogP contribution in [0, 0.1) is 5.92 Å². The minimum Gasteiger partial charge on any atom is -0.355 e. The molecule has 1 aliphatic rings. The van der Waals surface area contributed by atoms with Crippen LogP contribution in [-0.4, -0.2) is 37.6 Å². The quantitative estimate of drug-likeness (QED) is 0.526. The summed E-state index contributed by atoms with van der Waals surface area (Å²) in [6, 6.07) is 13.3. The Morgan fingerprint density at radius 2 is 1.73 bits per heavy atom. The second-order valence-corrected chi connectivity index (χ2v) is 7.65. The van der Waals surface area contributed by atoms with Gasteiger partial charge in [0.05, 0.1) is 29.3 Å². The summed E-state index contributed by atoms with van der Waals surface area (Å²) >= 11 is 0. The zero-order valence-corrected chi connectivity index (χ0v) is 16.6. The zero-order chi connectivity index (χ0) is 20.3. The molecule has 30 heavy (non-hydrogen) atoms. The second-order valence-electron chi connectivity index (χ2n) is 7.65. The van der Waals surface area contributed by atoms with Gasteiger partial charge < -0.3 is 4.90 Å². The molecule has 150 valence electrons. The highest BCUT2D eigenvalue weighted by Gasteiger charge is 2.21. The predicted octanol–water partition coefficient (Wildman–Crippen LogP) is 3.17. The van der Waals surface area contributed by atoms with Gasteiger partial charge in [-0.1, -0.05) is 12.1 Å². The molecule has 0 bridgehead atoms. The standard InChI is InChI=1S/C23H22N6O/c30-23-13-21(18-5-9-24-10-6-18)26-16-29(23)15-17-7-11-28(12-8-17)22-14-25-19-3-1-2-4-20(19)27-22/h1-6,9-10,13-14,16-17H,7-8,11-12,15H2. The van der Waals surface area contributed by atoms with Gasteiger partial charge in [-0.15, -0.1) is 0 Å². The molecule has 0 unspecified atom stereocenters. The van der Waals surface area contributed by atoms with Crippen LogP contribution in [0.25, 0.3) is 22.3 Å². The average Bonchev–Trinajstić information content (AvgIpc) is 2.81. The van der Waals surface area contributed by atoms with Gasteiger partial charge in [0.25, 0.3) is 5.56 Å². The highest BCUT2D eigenvalue weighted by Crippen LogP contribution is 2.24. The van der Waals surface area contributed by atoms with Gasteiger partial charge in [0, 0.05) is 43.7 Å². The molecule has 4 heterocycles. The number of fused-ring (bicyclic) bond motifs is 1. The summed E-state index contributed by atoms with van der Waals surface area (Å²) in [5.74, 6) is 1.37. The van der Waals surface area contributed by atoms with Crippen LogP contribution >= 0.6 is 0 Å². The van der Waals surface area contributed by atoms with Gasteiger partial charge in [-0.2, -0.15) is 0 Å². The Bertz CT molecular complexity index is 1220. The van der Waals surface area contributed by atoms with Crippen LogP contribution in [0.2, 0.25) is 0 Å². The topological polar surface area (TPSA) is 76.8 Å². The Labute approximate surface area is 174 Å². The fraction of sp³-hybridized carbons (Fsp3) is 0.261. The van der Waals surface area contributed by atoms with Gasteiger partial charge >= 0.3 is 0 Å². The number of anilines is 1. The maximum absolute atomic E-state index is 12.6. The molecule has 7 nitrogen and oxygen atoms in total. The first-order valence-corrected chi connectivity index (χ1v) is 10.2. The number of pyridine rings is 1. The van der Waals surface area contributed by atoms with Crippen LogP contribution < -0.4 is 10.5 Å². The van der Waals surface area contributed by atoms with Gasteiger partial charge in [0.1, 0.15) is 5.82 Å². The SMILES string of the molecule is O=c1cc(-c2ccncc2)ncn1CC1CCN(c2cnc3ccccc3n2)CC1.